The Balaban J connectivity index is 2.24. The van der Waals surface area contributed by atoms with Gasteiger partial charge in [0.2, 0.25) is 0 Å². The van der Waals surface area contributed by atoms with Crippen LogP contribution in [0.15, 0.2) is 11.3 Å². The maximum atomic E-state index is 14.0. The minimum atomic E-state index is -2.75. The Morgan fingerprint density at radius 1 is 1.29 bits per heavy atom. The van der Waals surface area contributed by atoms with Crippen molar-refractivity contribution in [3.63, 3.8) is 0 Å². The predicted octanol–water partition coefficient (Wildman–Crippen LogP) is 3.81. The van der Waals surface area contributed by atoms with Crippen LogP contribution in [0.1, 0.15) is 58.8 Å². The van der Waals surface area contributed by atoms with Crippen molar-refractivity contribution >= 4 is 5.97 Å². The van der Waals surface area contributed by atoms with Crippen molar-refractivity contribution in [2.75, 3.05) is 20.3 Å². The van der Waals surface area contributed by atoms with Gasteiger partial charge in [-0.1, -0.05) is 13.3 Å². The van der Waals surface area contributed by atoms with Crippen molar-refractivity contribution in [3.8, 4) is 0 Å². The van der Waals surface area contributed by atoms with Gasteiger partial charge >= 0.3 is 5.97 Å². The van der Waals surface area contributed by atoms with Crippen molar-refractivity contribution in [2.45, 2.75) is 70.8 Å². The maximum absolute atomic E-state index is 14.0. The summed E-state index contributed by atoms with van der Waals surface area (Å²) in [6, 6.07) is 0. The zero-order valence-electron chi connectivity index (χ0n) is 14.9. The van der Waals surface area contributed by atoms with Gasteiger partial charge in [-0.3, -0.25) is 4.79 Å². The molecule has 4 nitrogen and oxygen atoms in total. The number of allylic oxidation sites excluding steroid dienone is 1. The highest BCUT2D eigenvalue weighted by Gasteiger charge is 2.53. The molecule has 0 aromatic heterocycles. The molecule has 0 aliphatic heterocycles. The van der Waals surface area contributed by atoms with Crippen LogP contribution in [0.3, 0.4) is 0 Å². The molecule has 0 amide bonds. The van der Waals surface area contributed by atoms with Crippen molar-refractivity contribution in [3.05, 3.63) is 11.3 Å². The molecule has 0 bridgehead atoms. The van der Waals surface area contributed by atoms with Gasteiger partial charge in [-0.25, -0.2) is 8.78 Å². The lowest BCUT2D eigenvalue weighted by atomic mass is 9.61. The molecule has 138 valence electrons. The number of alkyl halides is 2. The highest BCUT2D eigenvalue weighted by Crippen LogP contribution is 2.54. The van der Waals surface area contributed by atoms with Gasteiger partial charge in [0.05, 0.1) is 18.6 Å². The lowest BCUT2D eigenvalue weighted by Crippen LogP contribution is -2.46. The van der Waals surface area contributed by atoms with Gasteiger partial charge in [-0.15, -0.1) is 0 Å². The second-order valence-corrected chi connectivity index (χ2v) is 6.78. The topological polar surface area (TPSA) is 47.6 Å². The van der Waals surface area contributed by atoms with Crippen molar-refractivity contribution in [1.29, 1.82) is 0 Å². The van der Waals surface area contributed by atoms with E-state index in [1.165, 1.54) is 7.11 Å². The summed E-state index contributed by atoms with van der Waals surface area (Å²) in [5.41, 5.74) is 0.501. The SMILES string of the molecule is CCO[C@@H](CC)CNC1=C(C2(C(=O)OC)CCC2)CC(F)(F)CC1. The Bertz CT molecular complexity index is 487. The lowest BCUT2D eigenvalue weighted by Gasteiger charge is -2.45. The minimum Gasteiger partial charge on any atom is -0.468 e. The molecular formula is C18H29F2NO3. The van der Waals surface area contributed by atoms with Crippen LogP contribution in [-0.2, 0) is 14.3 Å². The van der Waals surface area contributed by atoms with Crippen LogP contribution in [0.2, 0.25) is 0 Å². The predicted molar refractivity (Wildman–Crippen MR) is 87.8 cm³/mol. The van der Waals surface area contributed by atoms with Crippen LogP contribution in [0.25, 0.3) is 0 Å². The van der Waals surface area contributed by atoms with Gasteiger partial charge in [0, 0.05) is 31.7 Å². The Labute approximate surface area is 143 Å². The highest BCUT2D eigenvalue weighted by molar-refractivity contribution is 5.82. The summed E-state index contributed by atoms with van der Waals surface area (Å²) < 4.78 is 38.6. The molecule has 2 rings (SSSR count). The number of ether oxygens (including phenoxy) is 2. The van der Waals surface area contributed by atoms with E-state index in [4.69, 9.17) is 9.47 Å². The van der Waals surface area contributed by atoms with Gasteiger partial charge in [0.1, 0.15) is 0 Å². The number of carbonyl (C=O) groups is 1. The molecule has 0 unspecified atom stereocenters. The Morgan fingerprint density at radius 2 is 2.00 bits per heavy atom. The Morgan fingerprint density at radius 3 is 2.50 bits per heavy atom. The number of halogens is 2. The monoisotopic (exact) mass is 345 g/mol. The third-order valence-electron chi connectivity index (χ3n) is 5.30. The first-order valence-corrected chi connectivity index (χ1v) is 8.92. The summed E-state index contributed by atoms with van der Waals surface area (Å²) in [7, 11) is 1.33. The molecule has 2 aliphatic rings. The van der Waals surface area contributed by atoms with Crippen LogP contribution in [-0.4, -0.2) is 38.3 Å². The summed E-state index contributed by atoms with van der Waals surface area (Å²) in [4.78, 5) is 12.3. The van der Waals surface area contributed by atoms with E-state index in [2.05, 4.69) is 5.32 Å². The fraction of sp³-hybridized carbons (Fsp3) is 0.833. The van der Waals surface area contributed by atoms with Crippen LogP contribution in [0, 0.1) is 5.41 Å². The molecular weight excluding hydrogens is 316 g/mol. The standard InChI is InChI=1S/C18H29F2NO3/c1-4-13(24-5-2)12-21-15-7-10-18(19,20)11-14(15)17(8-6-9-17)16(22)23-3/h13,21H,4-12H2,1-3H3/t13-/m0/s1. The lowest BCUT2D eigenvalue weighted by molar-refractivity contribution is -0.156. The minimum absolute atomic E-state index is 0.0432. The summed E-state index contributed by atoms with van der Waals surface area (Å²) in [6.07, 6.45) is 2.69. The molecule has 24 heavy (non-hydrogen) atoms. The maximum Gasteiger partial charge on any atom is 0.316 e. The Hall–Kier alpha value is -1.17. The molecule has 0 radical (unpaired) electrons. The third kappa shape index (κ3) is 3.90. The normalized spacial score (nSPS) is 23.4. The van der Waals surface area contributed by atoms with Crippen LogP contribution in [0.5, 0.6) is 0 Å². The number of esters is 1. The van der Waals surface area contributed by atoms with Gasteiger partial charge < -0.3 is 14.8 Å². The molecule has 0 saturated heterocycles. The second-order valence-electron chi connectivity index (χ2n) is 6.78. The average molecular weight is 345 g/mol. The molecule has 6 heteroatoms. The molecule has 1 N–H and O–H groups in total. The van der Waals surface area contributed by atoms with Crippen LogP contribution in [0.4, 0.5) is 8.78 Å². The molecule has 0 aromatic carbocycles. The van der Waals surface area contributed by atoms with E-state index in [0.29, 0.717) is 31.6 Å². The van der Waals surface area contributed by atoms with E-state index < -0.39 is 11.3 Å². The second kappa shape index (κ2) is 7.81. The molecule has 1 atom stereocenters. The van der Waals surface area contributed by atoms with Gasteiger partial charge in [0.15, 0.2) is 0 Å². The van der Waals surface area contributed by atoms with Gasteiger partial charge in [-0.2, -0.15) is 0 Å². The fourth-order valence-corrected chi connectivity index (χ4v) is 3.71. The van der Waals surface area contributed by atoms with E-state index in [1.807, 2.05) is 13.8 Å². The molecule has 1 fully saturated rings. The largest absolute Gasteiger partial charge is 0.468 e. The van der Waals surface area contributed by atoms with E-state index in [0.717, 1.165) is 18.5 Å². The summed E-state index contributed by atoms with van der Waals surface area (Å²) >= 11 is 0. The number of hydrogen-bond donors (Lipinski definition) is 1. The van der Waals surface area contributed by atoms with Crippen molar-refractivity contribution in [2.24, 2.45) is 5.41 Å². The zero-order chi connectivity index (χ0) is 17.8. The number of nitrogens with one attached hydrogen (secondary N) is 1. The third-order valence-corrected chi connectivity index (χ3v) is 5.30. The molecule has 0 heterocycles. The zero-order valence-corrected chi connectivity index (χ0v) is 14.9. The first-order chi connectivity index (χ1) is 11.4. The molecule has 0 aromatic rings. The number of rotatable bonds is 8. The summed E-state index contributed by atoms with van der Waals surface area (Å²) in [6.45, 7) is 5.17. The molecule has 2 aliphatic carbocycles. The smallest absolute Gasteiger partial charge is 0.316 e. The summed E-state index contributed by atoms with van der Waals surface area (Å²) in [5.74, 6) is -3.13. The number of carbonyl (C=O) groups excluding carboxylic acids is 1. The van der Waals surface area contributed by atoms with Gasteiger partial charge in [0.25, 0.3) is 5.92 Å². The Kier molecular flexibility index (Phi) is 6.23. The summed E-state index contributed by atoms with van der Waals surface area (Å²) in [5, 5.41) is 3.31. The number of hydrogen-bond acceptors (Lipinski definition) is 4. The highest BCUT2D eigenvalue weighted by atomic mass is 19.3. The van der Waals surface area contributed by atoms with Crippen LogP contribution < -0.4 is 5.32 Å². The van der Waals surface area contributed by atoms with E-state index in [9.17, 15) is 13.6 Å². The first kappa shape index (κ1) is 19.2. The first-order valence-electron chi connectivity index (χ1n) is 8.92. The van der Waals surface area contributed by atoms with Crippen molar-refractivity contribution < 1.29 is 23.0 Å². The van der Waals surface area contributed by atoms with Crippen LogP contribution >= 0.6 is 0 Å². The molecule has 1 saturated carbocycles. The quantitative estimate of drug-likeness (QED) is 0.680. The van der Waals surface area contributed by atoms with E-state index in [-0.39, 0.29) is 31.3 Å². The molecule has 0 spiro atoms. The number of methoxy groups -OCH3 is 1. The van der Waals surface area contributed by atoms with Crippen molar-refractivity contribution in [1.82, 2.24) is 5.32 Å². The van der Waals surface area contributed by atoms with E-state index in [1.54, 1.807) is 0 Å². The van der Waals surface area contributed by atoms with E-state index >= 15 is 0 Å². The average Bonchev–Trinajstić information content (AvgIpc) is 2.51. The van der Waals surface area contributed by atoms with Gasteiger partial charge in [-0.05, 0) is 38.2 Å². The fourth-order valence-electron chi connectivity index (χ4n) is 3.71.